The van der Waals surface area contributed by atoms with E-state index in [1.54, 1.807) is 5.57 Å². The third-order valence-corrected chi connectivity index (χ3v) is 3.01. The zero-order valence-corrected chi connectivity index (χ0v) is 10.9. The summed E-state index contributed by atoms with van der Waals surface area (Å²) in [5.41, 5.74) is 1.54. The van der Waals surface area contributed by atoms with Crippen molar-refractivity contribution in [2.45, 2.75) is 60.8 Å². The lowest BCUT2D eigenvalue weighted by molar-refractivity contribution is 0.432. The smallest absolute Gasteiger partial charge is 0.0257 e. The number of rotatable bonds is 6. The van der Waals surface area contributed by atoms with Crippen molar-refractivity contribution < 1.29 is 0 Å². The Morgan fingerprint density at radius 1 is 1.14 bits per heavy atom. The summed E-state index contributed by atoms with van der Waals surface area (Å²) in [5.74, 6) is 2.34. The number of hydrogen-bond acceptors (Lipinski definition) is 0. The van der Waals surface area contributed by atoms with Crippen LogP contribution in [-0.2, 0) is 0 Å². The van der Waals surface area contributed by atoms with Crippen LogP contribution in [0, 0.1) is 17.8 Å². The van der Waals surface area contributed by atoms with Crippen molar-refractivity contribution in [3.8, 4) is 0 Å². The van der Waals surface area contributed by atoms with Gasteiger partial charge in [-0.05, 0) is 31.1 Å². The minimum Gasteiger partial charge on any atom is -0.0825 e. The first-order chi connectivity index (χ1) is 6.47. The highest BCUT2D eigenvalue weighted by Gasteiger charge is 2.07. The molecule has 0 aliphatic carbocycles. The molecule has 0 rings (SSSR count). The molecular formula is C14H28. The Hall–Kier alpha value is -0.260. The van der Waals surface area contributed by atoms with E-state index in [0.29, 0.717) is 5.92 Å². The Bertz CT molecular complexity index is 165. The molecule has 0 heterocycles. The highest BCUT2D eigenvalue weighted by Crippen LogP contribution is 2.20. The van der Waals surface area contributed by atoms with E-state index in [1.807, 2.05) is 0 Å². The highest BCUT2D eigenvalue weighted by molar-refractivity contribution is 5.02. The zero-order chi connectivity index (χ0) is 11.1. The Morgan fingerprint density at radius 2 is 1.71 bits per heavy atom. The second kappa shape index (κ2) is 7.09. The summed E-state index contributed by atoms with van der Waals surface area (Å²) >= 11 is 0. The van der Waals surface area contributed by atoms with Crippen LogP contribution < -0.4 is 0 Å². The molecule has 0 spiro atoms. The van der Waals surface area contributed by atoms with E-state index in [2.05, 4.69) is 47.6 Å². The van der Waals surface area contributed by atoms with E-state index in [4.69, 9.17) is 0 Å². The average Bonchev–Trinajstić information content (AvgIpc) is 2.03. The van der Waals surface area contributed by atoms with Crippen molar-refractivity contribution in [2.75, 3.05) is 0 Å². The molecule has 0 aromatic rings. The first-order valence-corrected chi connectivity index (χ1v) is 6.15. The fourth-order valence-corrected chi connectivity index (χ4v) is 1.95. The Morgan fingerprint density at radius 3 is 2.14 bits per heavy atom. The van der Waals surface area contributed by atoms with Crippen LogP contribution in [0.2, 0.25) is 0 Å². The van der Waals surface area contributed by atoms with Gasteiger partial charge in [-0.1, -0.05) is 59.1 Å². The van der Waals surface area contributed by atoms with Gasteiger partial charge < -0.3 is 0 Å². The molecule has 14 heavy (non-hydrogen) atoms. The van der Waals surface area contributed by atoms with E-state index in [1.165, 1.54) is 19.3 Å². The first kappa shape index (κ1) is 13.7. The van der Waals surface area contributed by atoms with Crippen LogP contribution in [0.1, 0.15) is 60.8 Å². The summed E-state index contributed by atoms with van der Waals surface area (Å²) in [4.78, 5) is 0. The highest BCUT2D eigenvalue weighted by atomic mass is 14.1. The van der Waals surface area contributed by atoms with Crippen molar-refractivity contribution in [2.24, 2.45) is 17.8 Å². The van der Waals surface area contributed by atoms with E-state index >= 15 is 0 Å². The van der Waals surface area contributed by atoms with Gasteiger partial charge in [0.1, 0.15) is 0 Å². The molecule has 0 heteroatoms. The maximum Gasteiger partial charge on any atom is -0.0257 e. The van der Waals surface area contributed by atoms with E-state index < -0.39 is 0 Å². The van der Waals surface area contributed by atoms with Gasteiger partial charge in [-0.3, -0.25) is 0 Å². The van der Waals surface area contributed by atoms with Crippen molar-refractivity contribution in [3.63, 3.8) is 0 Å². The molecule has 0 aromatic heterocycles. The maximum atomic E-state index is 2.46. The Balaban J connectivity index is 3.96. The molecule has 0 saturated carbocycles. The Kier molecular flexibility index (Phi) is 6.96. The number of allylic oxidation sites excluding steroid dienone is 2. The molecule has 0 aliphatic rings. The SMILES string of the molecule is CCCC(C)CC(C)C=C(C)C(C)C. The molecule has 0 radical (unpaired) electrons. The van der Waals surface area contributed by atoms with Gasteiger partial charge in [0.25, 0.3) is 0 Å². The van der Waals surface area contributed by atoms with Crippen molar-refractivity contribution in [1.29, 1.82) is 0 Å². The molecule has 0 saturated heterocycles. The number of hydrogen-bond donors (Lipinski definition) is 0. The van der Waals surface area contributed by atoms with Crippen LogP contribution in [-0.4, -0.2) is 0 Å². The molecule has 84 valence electrons. The monoisotopic (exact) mass is 196 g/mol. The molecule has 0 aliphatic heterocycles. The zero-order valence-electron chi connectivity index (χ0n) is 10.9. The Labute approximate surface area is 90.8 Å². The summed E-state index contributed by atoms with van der Waals surface area (Å²) in [6, 6.07) is 0. The minimum absolute atomic E-state index is 0.707. The lowest BCUT2D eigenvalue weighted by Gasteiger charge is -2.15. The average molecular weight is 196 g/mol. The van der Waals surface area contributed by atoms with Crippen LogP contribution >= 0.6 is 0 Å². The molecule has 0 amide bonds. The molecular weight excluding hydrogens is 168 g/mol. The van der Waals surface area contributed by atoms with E-state index in [9.17, 15) is 0 Å². The summed E-state index contributed by atoms with van der Waals surface area (Å²) in [5, 5.41) is 0. The van der Waals surface area contributed by atoms with Crippen molar-refractivity contribution in [1.82, 2.24) is 0 Å². The molecule has 2 atom stereocenters. The largest absolute Gasteiger partial charge is 0.0825 e. The summed E-state index contributed by atoms with van der Waals surface area (Å²) in [7, 11) is 0. The fraction of sp³-hybridized carbons (Fsp3) is 0.857. The minimum atomic E-state index is 0.707. The maximum absolute atomic E-state index is 2.46. The third-order valence-electron chi connectivity index (χ3n) is 3.01. The van der Waals surface area contributed by atoms with Gasteiger partial charge in [0, 0.05) is 0 Å². The predicted octanol–water partition coefficient (Wildman–Crippen LogP) is 5.05. The normalized spacial score (nSPS) is 17.2. The van der Waals surface area contributed by atoms with Gasteiger partial charge in [-0.15, -0.1) is 0 Å². The van der Waals surface area contributed by atoms with Gasteiger partial charge in [0.05, 0.1) is 0 Å². The van der Waals surface area contributed by atoms with Gasteiger partial charge >= 0.3 is 0 Å². The lowest BCUT2D eigenvalue weighted by atomic mass is 9.91. The van der Waals surface area contributed by atoms with Crippen LogP contribution in [0.4, 0.5) is 0 Å². The molecule has 2 unspecified atom stereocenters. The van der Waals surface area contributed by atoms with Crippen LogP contribution in [0.5, 0.6) is 0 Å². The fourth-order valence-electron chi connectivity index (χ4n) is 1.95. The molecule has 0 nitrogen and oxygen atoms in total. The van der Waals surface area contributed by atoms with E-state index in [0.717, 1.165) is 11.8 Å². The third kappa shape index (κ3) is 6.23. The quantitative estimate of drug-likeness (QED) is 0.521. The molecule has 0 aromatic carbocycles. The standard InChI is InChI=1S/C14H28/c1-7-8-12(4)9-13(5)10-14(6)11(2)3/h10-13H,7-9H2,1-6H3. The second-order valence-corrected chi connectivity index (χ2v) is 5.17. The molecule has 0 bridgehead atoms. The van der Waals surface area contributed by atoms with Crippen LogP contribution in [0.15, 0.2) is 11.6 Å². The second-order valence-electron chi connectivity index (χ2n) is 5.17. The van der Waals surface area contributed by atoms with Gasteiger partial charge in [0.2, 0.25) is 0 Å². The molecule has 0 N–H and O–H groups in total. The lowest BCUT2D eigenvalue weighted by Crippen LogP contribution is -2.02. The summed E-state index contributed by atoms with van der Waals surface area (Å²) in [6.07, 6.45) is 6.49. The van der Waals surface area contributed by atoms with Crippen LogP contribution in [0.3, 0.4) is 0 Å². The summed E-state index contributed by atoms with van der Waals surface area (Å²) < 4.78 is 0. The predicted molar refractivity (Wildman–Crippen MR) is 66.4 cm³/mol. The first-order valence-electron chi connectivity index (χ1n) is 6.15. The summed E-state index contributed by atoms with van der Waals surface area (Å²) in [6.45, 7) is 13.8. The van der Waals surface area contributed by atoms with Gasteiger partial charge in [-0.25, -0.2) is 0 Å². The van der Waals surface area contributed by atoms with Gasteiger partial charge in [0.15, 0.2) is 0 Å². The van der Waals surface area contributed by atoms with Crippen molar-refractivity contribution >= 4 is 0 Å². The van der Waals surface area contributed by atoms with Crippen molar-refractivity contribution in [3.05, 3.63) is 11.6 Å². The topological polar surface area (TPSA) is 0 Å². The van der Waals surface area contributed by atoms with E-state index in [-0.39, 0.29) is 0 Å². The van der Waals surface area contributed by atoms with Crippen LogP contribution in [0.25, 0.3) is 0 Å². The molecule has 0 fully saturated rings. The van der Waals surface area contributed by atoms with Gasteiger partial charge in [-0.2, -0.15) is 0 Å².